The molecule has 144 valence electrons. The number of benzene rings is 2. The summed E-state index contributed by atoms with van der Waals surface area (Å²) in [5.41, 5.74) is 3.42. The Balaban J connectivity index is 1.33. The topological polar surface area (TPSA) is 55.3 Å². The van der Waals surface area contributed by atoms with Crippen molar-refractivity contribution in [1.82, 2.24) is 14.3 Å². The zero-order valence-electron chi connectivity index (χ0n) is 15.9. The number of carbonyl (C=O) groups excluding carboxylic acids is 1. The zero-order chi connectivity index (χ0) is 19.3. The Morgan fingerprint density at radius 1 is 1.04 bits per heavy atom. The van der Waals surface area contributed by atoms with Crippen LogP contribution >= 0.6 is 11.5 Å². The average Bonchev–Trinajstić information content (AvgIpc) is 3.38. The second-order valence-corrected chi connectivity index (χ2v) is 7.86. The molecule has 0 radical (unpaired) electrons. The van der Waals surface area contributed by atoms with Crippen molar-refractivity contribution in [3.63, 3.8) is 0 Å². The van der Waals surface area contributed by atoms with Crippen molar-refractivity contribution in [2.24, 2.45) is 0 Å². The Morgan fingerprint density at radius 3 is 2.43 bits per heavy atom. The number of aromatic nitrogens is 2. The summed E-state index contributed by atoms with van der Waals surface area (Å²) in [7, 11) is 0. The minimum atomic E-state index is 0.205. The van der Waals surface area contributed by atoms with E-state index >= 15 is 0 Å². The summed E-state index contributed by atoms with van der Waals surface area (Å²) < 4.78 is 10.2. The lowest BCUT2D eigenvalue weighted by Gasteiger charge is -2.15. The van der Waals surface area contributed by atoms with Gasteiger partial charge >= 0.3 is 0 Å². The number of aryl methyl sites for hydroxylation is 1. The summed E-state index contributed by atoms with van der Waals surface area (Å²) >= 11 is 1.25. The van der Waals surface area contributed by atoms with E-state index in [-0.39, 0.29) is 5.91 Å². The molecule has 28 heavy (non-hydrogen) atoms. The van der Waals surface area contributed by atoms with Crippen LogP contribution in [0.5, 0.6) is 10.9 Å². The van der Waals surface area contributed by atoms with E-state index in [1.54, 1.807) is 0 Å². The Kier molecular flexibility index (Phi) is 5.67. The number of ether oxygens (including phenoxy) is 1. The number of amides is 1. The number of hydrogen-bond acceptors (Lipinski definition) is 5. The van der Waals surface area contributed by atoms with Gasteiger partial charge in [-0.05, 0) is 43.0 Å². The minimum Gasteiger partial charge on any atom is -0.430 e. The largest absolute Gasteiger partial charge is 0.430 e. The quantitative estimate of drug-likeness (QED) is 0.623. The molecule has 1 aliphatic heterocycles. The first-order chi connectivity index (χ1) is 13.7. The third kappa shape index (κ3) is 4.75. The number of rotatable bonds is 6. The fourth-order valence-electron chi connectivity index (χ4n) is 3.27. The third-order valence-electron chi connectivity index (χ3n) is 4.87. The van der Waals surface area contributed by atoms with Crippen molar-refractivity contribution in [3.05, 3.63) is 71.0 Å². The van der Waals surface area contributed by atoms with Crippen molar-refractivity contribution < 1.29 is 9.53 Å². The Labute approximate surface area is 169 Å². The molecular formula is C22H23N3O2S. The molecule has 0 aliphatic carbocycles. The highest BCUT2D eigenvalue weighted by atomic mass is 32.1. The molecule has 0 N–H and O–H groups in total. The van der Waals surface area contributed by atoms with E-state index in [1.165, 1.54) is 22.7 Å². The smallest absolute Gasteiger partial charge is 0.298 e. The molecule has 1 aromatic heterocycles. The molecular weight excluding hydrogens is 370 g/mol. The second-order valence-electron chi connectivity index (χ2n) is 7.15. The molecule has 0 saturated carbocycles. The van der Waals surface area contributed by atoms with Gasteiger partial charge in [0.1, 0.15) is 5.75 Å². The highest BCUT2D eigenvalue weighted by Gasteiger charge is 2.18. The van der Waals surface area contributed by atoms with Gasteiger partial charge in [-0.25, -0.2) is 0 Å². The van der Waals surface area contributed by atoms with Gasteiger partial charge in [0.2, 0.25) is 5.91 Å². The van der Waals surface area contributed by atoms with E-state index in [1.807, 2.05) is 29.2 Å². The maximum Gasteiger partial charge on any atom is 0.298 e. The predicted molar refractivity (Wildman–Crippen MR) is 110 cm³/mol. The van der Waals surface area contributed by atoms with Crippen LogP contribution < -0.4 is 4.74 Å². The first-order valence-electron chi connectivity index (χ1n) is 9.58. The van der Waals surface area contributed by atoms with Gasteiger partial charge < -0.3 is 9.64 Å². The van der Waals surface area contributed by atoms with Gasteiger partial charge in [-0.3, -0.25) is 4.79 Å². The number of hydrogen-bond donors (Lipinski definition) is 0. The number of likely N-dealkylation sites (tertiary alicyclic amines) is 1. The molecule has 4 rings (SSSR count). The van der Waals surface area contributed by atoms with Crippen LogP contribution in [0.2, 0.25) is 0 Å². The Morgan fingerprint density at radius 2 is 1.71 bits per heavy atom. The molecule has 3 aromatic rings. The minimum absolute atomic E-state index is 0.205. The van der Waals surface area contributed by atoms with Gasteiger partial charge in [-0.1, -0.05) is 42.0 Å². The highest BCUT2D eigenvalue weighted by Crippen LogP contribution is 2.24. The van der Waals surface area contributed by atoms with E-state index in [4.69, 9.17) is 4.74 Å². The fraction of sp³-hybridized carbons (Fsp3) is 0.318. The van der Waals surface area contributed by atoms with Crippen molar-refractivity contribution in [3.8, 4) is 10.9 Å². The van der Waals surface area contributed by atoms with Gasteiger partial charge in [0.15, 0.2) is 5.82 Å². The summed E-state index contributed by atoms with van der Waals surface area (Å²) in [5, 5.41) is 0.531. The van der Waals surface area contributed by atoms with E-state index in [0.29, 0.717) is 23.8 Å². The molecule has 2 aromatic carbocycles. The van der Waals surface area contributed by atoms with Crippen LogP contribution in [-0.2, 0) is 17.6 Å². The molecule has 5 nitrogen and oxygen atoms in total. The van der Waals surface area contributed by atoms with Gasteiger partial charge in [-0.2, -0.15) is 9.36 Å². The summed E-state index contributed by atoms with van der Waals surface area (Å²) in [4.78, 5) is 18.7. The van der Waals surface area contributed by atoms with E-state index in [2.05, 4.69) is 40.5 Å². The standard InChI is InChI=1S/C22H23N3O2S/c1-16-4-6-17(7-5-16)14-20-23-22(28-24-20)27-19-10-8-18(9-11-19)15-21(26)25-12-2-3-13-25/h4-11H,2-3,12-15H2,1H3. The molecule has 1 saturated heterocycles. The van der Waals surface area contributed by atoms with Crippen molar-refractivity contribution in [1.29, 1.82) is 0 Å². The number of nitrogens with zero attached hydrogens (tertiary/aromatic N) is 3. The average molecular weight is 394 g/mol. The SMILES string of the molecule is Cc1ccc(Cc2nsc(Oc3ccc(CC(=O)N4CCCC4)cc3)n2)cc1. The lowest BCUT2D eigenvalue weighted by atomic mass is 10.1. The zero-order valence-corrected chi connectivity index (χ0v) is 16.7. The van der Waals surface area contributed by atoms with Gasteiger partial charge in [-0.15, -0.1) is 0 Å². The molecule has 1 amide bonds. The molecule has 1 fully saturated rings. The van der Waals surface area contributed by atoms with Crippen molar-refractivity contribution in [2.45, 2.75) is 32.6 Å². The van der Waals surface area contributed by atoms with Gasteiger partial charge in [0.25, 0.3) is 5.19 Å². The molecule has 0 bridgehead atoms. The van der Waals surface area contributed by atoms with Crippen LogP contribution in [0.1, 0.15) is 35.4 Å². The second kappa shape index (κ2) is 8.52. The summed E-state index contributed by atoms with van der Waals surface area (Å²) in [6, 6.07) is 16.0. The lowest BCUT2D eigenvalue weighted by Crippen LogP contribution is -2.28. The maximum atomic E-state index is 12.2. The molecule has 0 unspecified atom stereocenters. The molecule has 2 heterocycles. The first kappa shape index (κ1) is 18.6. The number of carbonyl (C=O) groups is 1. The first-order valence-corrected chi connectivity index (χ1v) is 10.4. The van der Waals surface area contributed by atoms with Crippen LogP contribution in [-0.4, -0.2) is 33.3 Å². The Hall–Kier alpha value is -2.73. The van der Waals surface area contributed by atoms with Crippen LogP contribution in [0.25, 0.3) is 0 Å². The van der Waals surface area contributed by atoms with Crippen molar-refractivity contribution in [2.75, 3.05) is 13.1 Å². The summed E-state index contributed by atoms with van der Waals surface area (Å²) in [6.07, 6.45) is 3.37. The third-order valence-corrected chi connectivity index (χ3v) is 5.51. The summed E-state index contributed by atoms with van der Waals surface area (Å²) in [5.74, 6) is 1.67. The van der Waals surface area contributed by atoms with E-state index in [0.717, 1.165) is 37.3 Å². The fourth-order valence-corrected chi connectivity index (χ4v) is 3.84. The normalized spacial score (nSPS) is 13.7. The molecule has 0 spiro atoms. The van der Waals surface area contributed by atoms with Gasteiger partial charge in [0.05, 0.1) is 6.42 Å². The van der Waals surface area contributed by atoms with Crippen molar-refractivity contribution >= 4 is 17.4 Å². The van der Waals surface area contributed by atoms with E-state index < -0.39 is 0 Å². The Bertz CT molecular complexity index is 929. The molecule has 6 heteroatoms. The van der Waals surface area contributed by atoms with Crippen LogP contribution in [0.4, 0.5) is 0 Å². The molecule has 1 aliphatic rings. The highest BCUT2D eigenvalue weighted by molar-refractivity contribution is 7.07. The molecule has 0 atom stereocenters. The predicted octanol–water partition coefficient (Wildman–Crippen LogP) is 4.39. The lowest BCUT2D eigenvalue weighted by molar-refractivity contribution is -0.129. The maximum absolute atomic E-state index is 12.2. The van der Waals surface area contributed by atoms with Crippen LogP contribution in [0, 0.1) is 6.92 Å². The summed E-state index contributed by atoms with van der Waals surface area (Å²) in [6.45, 7) is 3.86. The van der Waals surface area contributed by atoms with Crippen LogP contribution in [0.15, 0.2) is 48.5 Å². The van der Waals surface area contributed by atoms with Crippen LogP contribution in [0.3, 0.4) is 0 Å². The monoisotopic (exact) mass is 393 g/mol. The van der Waals surface area contributed by atoms with E-state index in [9.17, 15) is 4.79 Å². The van der Waals surface area contributed by atoms with Gasteiger partial charge in [0, 0.05) is 31.0 Å².